The lowest BCUT2D eigenvalue weighted by atomic mass is 10.1. The third-order valence-corrected chi connectivity index (χ3v) is 7.55. The fourth-order valence-electron chi connectivity index (χ4n) is 4.82. The van der Waals surface area contributed by atoms with Crippen LogP contribution in [-0.2, 0) is 16.0 Å². The molecule has 0 radical (unpaired) electrons. The van der Waals surface area contributed by atoms with E-state index in [1.54, 1.807) is 18.6 Å². The summed E-state index contributed by atoms with van der Waals surface area (Å²) in [6.45, 7) is 6.57. The summed E-state index contributed by atoms with van der Waals surface area (Å²) < 4.78 is 10.4. The van der Waals surface area contributed by atoms with E-state index in [-0.39, 0.29) is 5.91 Å². The van der Waals surface area contributed by atoms with E-state index in [0.29, 0.717) is 28.4 Å². The number of nitrogens with zero attached hydrogens (tertiary/aromatic N) is 5. The summed E-state index contributed by atoms with van der Waals surface area (Å²) in [5.74, 6) is 0.267. The average molecular weight is 583 g/mol. The molecule has 3 heterocycles. The number of nitrogens with one attached hydrogen (secondary N) is 2. The van der Waals surface area contributed by atoms with E-state index in [1.165, 1.54) is 7.11 Å². The highest BCUT2D eigenvalue weighted by Gasteiger charge is 2.30. The molecule has 0 atom stereocenters. The van der Waals surface area contributed by atoms with Crippen molar-refractivity contribution in [3.05, 3.63) is 95.9 Å². The lowest BCUT2D eigenvalue weighted by Crippen LogP contribution is -2.58. The molecule has 0 aliphatic carbocycles. The number of carbonyl (C=O) groups excluding carboxylic acids is 2. The number of pyridine rings is 1. The Hall–Kier alpha value is -4.87. The summed E-state index contributed by atoms with van der Waals surface area (Å²) in [5, 5.41) is 6.27. The zero-order valence-electron chi connectivity index (χ0n) is 24.6. The highest BCUT2D eigenvalue weighted by atomic mass is 16.7. The van der Waals surface area contributed by atoms with Gasteiger partial charge in [0.05, 0.1) is 32.9 Å². The largest absolute Gasteiger partial charge is 0.512 e. The van der Waals surface area contributed by atoms with Crippen molar-refractivity contribution in [2.24, 2.45) is 0 Å². The summed E-state index contributed by atoms with van der Waals surface area (Å²) in [6, 6.07) is 19.0. The van der Waals surface area contributed by atoms with Crippen LogP contribution in [0.4, 0.5) is 22.1 Å². The monoisotopic (exact) mass is 582 g/mol. The molecular weight excluding hydrogens is 546 g/mol. The molecule has 11 heteroatoms. The maximum absolute atomic E-state index is 13.1. The standard InChI is InChI=1S/C32H35N7O4/c1-23-6-11-27(19-29(23)37-31-34-14-12-28(36-31)26-5-4-13-33-20-26)35-30(40)25-9-7-24(8-10-25)21-38-15-17-39(2,18-16-38)22-43-32(41)42-3/h4-14,19-20H,15-18,21-22H2,1-3H3,(H-,34,35,36,37,40)/p+1. The quantitative estimate of drug-likeness (QED) is 0.211. The molecule has 2 aromatic heterocycles. The Balaban J connectivity index is 1.16. The van der Waals surface area contributed by atoms with Crippen molar-refractivity contribution in [1.29, 1.82) is 0 Å². The van der Waals surface area contributed by atoms with Crippen molar-refractivity contribution >= 4 is 29.4 Å². The minimum Gasteiger partial charge on any atom is -0.437 e. The smallest absolute Gasteiger partial charge is 0.437 e. The van der Waals surface area contributed by atoms with Gasteiger partial charge in [-0.3, -0.25) is 19.2 Å². The zero-order valence-corrected chi connectivity index (χ0v) is 24.6. The fourth-order valence-corrected chi connectivity index (χ4v) is 4.82. The molecule has 0 unspecified atom stereocenters. The van der Waals surface area contributed by atoms with Gasteiger partial charge in [0.2, 0.25) is 12.7 Å². The van der Waals surface area contributed by atoms with Gasteiger partial charge < -0.3 is 20.1 Å². The molecule has 222 valence electrons. The third-order valence-electron chi connectivity index (χ3n) is 7.55. The number of rotatable bonds is 9. The van der Waals surface area contributed by atoms with Gasteiger partial charge in [0.15, 0.2) is 0 Å². The van der Waals surface area contributed by atoms with Crippen molar-refractivity contribution in [3.8, 4) is 11.3 Å². The topological polar surface area (TPSA) is 119 Å². The second-order valence-corrected chi connectivity index (χ2v) is 10.9. The van der Waals surface area contributed by atoms with E-state index >= 15 is 0 Å². The number of benzene rings is 2. The van der Waals surface area contributed by atoms with E-state index in [9.17, 15) is 9.59 Å². The Kier molecular flexibility index (Phi) is 9.23. The minimum atomic E-state index is -0.650. The van der Waals surface area contributed by atoms with Crippen LogP contribution in [0.1, 0.15) is 21.5 Å². The van der Waals surface area contributed by atoms with Gasteiger partial charge in [-0.1, -0.05) is 18.2 Å². The Morgan fingerprint density at radius 1 is 1.02 bits per heavy atom. The number of hydrogen-bond acceptors (Lipinski definition) is 9. The Morgan fingerprint density at radius 2 is 1.81 bits per heavy atom. The van der Waals surface area contributed by atoms with Gasteiger partial charge in [0.1, 0.15) is 0 Å². The van der Waals surface area contributed by atoms with Crippen molar-refractivity contribution in [3.63, 3.8) is 0 Å². The predicted octanol–water partition coefficient (Wildman–Crippen LogP) is 4.85. The second-order valence-electron chi connectivity index (χ2n) is 10.9. The first-order valence-corrected chi connectivity index (χ1v) is 14.1. The number of carbonyl (C=O) groups is 2. The molecule has 1 fully saturated rings. The molecule has 1 aliphatic heterocycles. The summed E-state index contributed by atoms with van der Waals surface area (Å²) in [5.41, 5.74) is 5.83. The summed E-state index contributed by atoms with van der Waals surface area (Å²) in [6.07, 6.45) is 4.53. The van der Waals surface area contributed by atoms with Crippen LogP contribution in [0.5, 0.6) is 0 Å². The maximum atomic E-state index is 13.1. The second kappa shape index (κ2) is 13.4. The van der Waals surface area contributed by atoms with Crippen LogP contribution >= 0.6 is 0 Å². The Morgan fingerprint density at radius 3 is 2.53 bits per heavy atom. The summed E-state index contributed by atoms with van der Waals surface area (Å²) >= 11 is 0. The van der Waals surface area contributed by atoms with Crippen LogP contribution in [0.25, 0.3) is 11.3 Å². The first kappa shape index (κ1) is 29.6. The number of piperazine rings is 1. The normalized spacial score (nSPS) is 14.5. The third kappa shape index (κ3) is 7.91. The molecule has 11 nitrogen and oxygen atoms in total. The first-order valence-electron chi connectivity index (χ1n) is 14.1. The number of hydrogen-bond donors (Lipinski definition) is 2. The van der Waals surface area contributed by atoms with E-state index in [4.69, 9.17) is 4.74 Å². The average Bonchev–Trinajstić information content (AvgIpc) is 3.03. The van der Waals surface area contributed by atoms with Crippen LogP contribution < -0.4 is 10.6 Å². The summed E-state index contributed by atoms with van der Waals surface area (Å²) in [4.78, 5) is 39.9. The SMILES string of the molecule is COC(=O)OC[N+]1(C)CCN(Cc2ccc(C(=O)Nc3ccc(C)c(Nc4nccc(-c5cccnc5)n4)c3)cc2)CC1. The van der Waals surface area contributed by atoms with Crippen LogP contribution in [-0.4, -0.2) is 83.5 Å². The number of ether oxygens (including phenoxy) is 2. The van der Waals surface area contributed by atoms with Gasteiger partial charge in [0, 0.05) is 60.7 Å². The molecule has 1 saturated heterocycles. The Labute approximate surface area is 251 Å². The molecule has 2 N–H and O–H groups in total. The minimum absolute atomic E-state index is 0.187. The molecule has 1 amide bonds. The molecule has 0 spiro atoms. The highest BCUT2D eigenvalue weighted by Crippen LogP contribution is 2.25. The fraction of sp³-hybridized carbons (Fsp3) is 0.281. The molecule has 0 saturated carbocycles. The molecule has 43 heavy (non-hydrogen) atoms. The first-order chi connectivity index (χ1) is 20.8. The van der Waals surface area contributed by atoms with Crippen molar-refractivity contribution in [2.75, 3.05) is 57.7 Å². The van der Waals surface area contributed by atoms with Crippen molar-refractivity contribution < 1.29 is 23.5 Å². The lowest BCUT2D eigenvalue weighted by Gasteiger charge is -2.40. The van der Waals surface area contributed by atoms with Gasteiger partial charge >= 0.3 is 6.16 Å². The summed E-state index contributed by atoms with van der Waals surface area (Å²) in [7, 11) is 3.39. The molecular formula is C32H36N7O4+. The number of likely N-dealkylation sites (N-methyl/N-ethyl adjacent to an activating group) is 1. The molecule has 1 aliphatic rings. The van der Waals surface area contributed by atoms with Crippen molar-refractivity contribution in [2.45, 2.75) is 13.5 Å². The van der Waals surface area contributed by atoms with Crippen LogP contribution in [0.15, 0.2) is 79.3 Å². The lowest BCUT2D eigenvalue weighted by molar-refractivity contribution is -0.929. The number of methoxy groups -OCH3 is 1. The number of quaternary nitrogens is 1. The highest BCUT2D eigenvalue weighted by molar-refractivity contribution is 6.04. The number of anilines is 3. The van der Waals surface area contributed by atoms with Crippen LogP contribution in [0, 0.1) is 6.92 Å². The number of aryl methyl sites for hydroxylation is 1. The Bertz CT molecular complexity index is 1560. The molecule has 5 rings (SSSR count). The zero-order chi connectivity index (χ0) is 30.2. The maximum Gasteiger partial charge on any atom is 0.512 e. The van der Waals surface area contributed by atoms with Crippen LogP contribution in [0.2, 0.25) is 0 Å². The van der Waals surface area contributed by atoms with Gasteiger partial charge in [-0.25, -0.2) is 14.8 Å². The molecule has 0 bridgehead atoms. The predicted molar refractivity (Wildman–Crippen MR) is 164 cm³/mol. The van der Waals surface area contributed by atoms with Gasteiger partial charge in [-0.2, -0.15) is 0 Å². The van der Waals surface area contributed by atoms with E-state index in [0.717, 1.165) is 60.8 Å². The van der Waals surface area contributed by atoms with E-state index < -0.39 is 6.16 Å². The van der Waals surface area contributed by atoms with E-state index in [2.05, 4.69) is 42.3 Å². The van der Waals surface area contributed by atoms with Gasteiger partial charge in [-0.05, 0) is 60.5 Å². The molecule has 4 aromatic rings. The van der Waals surface area contributed by atoms with E-state index in [1.807, 2.05) is 67.6 Å². The molecule has 2 aromatic carbocycles. The van der Waals surface area contributed by atoms with Crippen molar-refractivity contribution in [1.82, 2.24) is 19.9 Å². The number of aromatic nitrogens is 3. The van der Waals surface area contributed by atoms with Gasteiger partial charge in [0.25, 0.3) is 5.91 Å². The van der Waals surface area contributed by atoms with Gasteiger partial charge in [-0.15, -0.1) is 0 Å². The van der Waals surface area contributed by atoms with Crippen LogP contribution in [0.3, 0.4) is 0 Å². The number of amides is 1.